The Kier molecular flexibility index (Phi) is 3.84. The summed E-state index contributed by atoms with van der Waals surface area (Å²) in [6.45, 7) is 4.55. The van der Waals surface area contributed by atoms with Crippen molar-refractivity contribution in [2.45, 2.75) is 26.4 Å². The summed E-state index contributed by atoms with van der Waals surface area (Å²) < 4.78 is 0. The molecule has 18 heavy (non-hydrogen) atoms. The molecular weight excluding hydrogens is 248 g/mol. The Labute approximate surface area is 110 Å². The standard InChI is InChI=1S/C13H16N2O2S/c1-8-7-18-13(15-8)6-14-9(2)11-5-10(16)3-4-12(11)17/h3-5,7,9,14,16-17H,6H2,1-2H3. The highest BCUT2D eigenvalue weighted by atomic mass is 32.1. The molecule has 0 fully saturated rings. The summed E-state index contributed by atoms with van der Waals surface area (Å²) in [4.78, 5) is 4.36. The highest BCUT2D eigenvalue weighted by molar-refractivity contribution is 7.09. The number of hydrogen-bond donors (Lipinski definition) is 3. The van der Waals surface area contributed by atoms with Crippen molar-refractivity contribution in [3.05, 3.63) is 39.8 Å². The van der Waals surface area contributed by atoms with Gasteiger partial charge in [-0.1, -0.05) is 0 Å². The van der Waals surface area contributed by atoms with Gasteiger partial charge in [0.15, 0.2) is 0 Å². The third-order valence-corrected chi connectivity index (χ3v) is 3.67. The van der Waals surface area contributed by atoms with Gasteiger partial charge in [-0.15, -0.1) is 11.3 Å². The lowest BCUT2D eigenvalue weighted by Crippen LogP contribution is -2.18. The third kappa shape index (κ3) is 3.00. The van der Waals surface area contributed by atoms with Crippen LogP contribution in [0.2, 0.25) is 0 Å². The molecule has 1 unspecified atom stereocenters. The van der Waals surface area contributed by atoms with E-state index in [1.165, 1.54) is 12.1 Å². The number of phenolic OH excluding ortho intramolecular Hbond substituents is 2. The van der Waals surface area contributed by atoms with Crippen LogP contribution in [0.1, 0.15) is 29.2 Å². The molecule has 0 amide bonds. The van der Waals surface area contributed by atoms with Gasteiger partial charge in [-0.3, -0.25) is 0 Å². The van der Waals surface area contributed by atoms with Gasteiger partial charge in [-0.2, -0.15) is 0 Å². The second-order valence-electron chi connectivity index (χ2n) is 4.23. The monoisotopic (exact) mass is 264 g/mol. The van der Waals surface area contributed by atoms with E-state index in [9.17, 15) is 10.2 Å². The lowest BCUT2D eigenvalue weighted by atomic mass is 10.1. The minimum absolute atomic E-state index is 0.0543. The van der Waals surface area contributed by atoms with Gasteiger partial charge in [0, 0.05) is 29.2 Å². The minimum Gasteiger partial charge on any atom is -0.508 e. The third-order valence-electron chi connectivity index (χ3n) is 2.70. The zero-order valence-corrected chi connectivity index (χ0v) is 11.2. The summed E-state index contributed by atoms with van der Waals surface area (Å²) in [5, 5.41) is 25.5. The van der Waals surface area contributed by atoms with Gasteiger partial charge in [0.2, 0.25) is 0 Å². The van der Waals surface area contributed by atoms with Crippen LogP contribution in [-0.2, 0) is 6.54 Å². The summed E-state index contributed by atoms with van der Waals surface area (Å²) in [7, 11) is 0. The van der Waals surface area contributed by atoms with E-state index in [-0.39, 0.29) is 17.5 Å². The molecule has 0 radical (unpaired) electrons. The molecule has 0 spiro atoms. The zero-order valence-electron chi connectivity index (χ0n) is 10.3. The molecule has 4 nitrogen and oxygen atoms in total. The second-order valence-corrected chi connectivity index (χ2v) is 5.17. The van der Waals surface area contributed by atoms with E-state index in [2.05, 4.69) is 10.3 Å². The topological polar surface area (TPSA) is 65.4 Å². The van der Waals surface area contributed by atoms with E-state index in [1.807, 2.05) is 19.2 Å². The van der Waals surface area contributed by atoms with Crippen molar-refractivity contribution in [2.75, 3.05) is 0 Å². The normalized spacial score (nSPS) is 12.6. The molecule has 0 saturated heterocycles. The Morgan fingerprint density at radius 1 is 1.39 bits per heavy atom. The SMILES string of the molecule is Cc1csc(CNC(C)c2cc(O)ccc2O)n1. The number of nitrogens with zero attached hydrogens (tertiary/aromatic N) is 1. The predicted molar refractivity (Wildman–Crippen MR) is 71.9 cm³/mol. The summed E-state index contributed by atoms with van der Waals surface area (Å²) in [6.07, 6.45) is 0. The van der Waals surface area contributed by atoms with Crippen LogP contribution in [0.5, 0.6) is 11.5 Å². The summed E-state index contributed by atoms with van der Waals surface area (Å²) in [6, 6.07) is 4.48. The van der Waals surface area contributed by atoms with Crippen molar-refractivity contribution in [2.24, 2.45) is 0 Å². The molecule has 1 aromatic heterocycles. The first-order valence-electron chi connectivity index (χ1n) is 5.72. The van der Waals surface area contributed by atoms with Crippen LogP contribution < -0.4 is 5.32 Å². The minimum atomic E-state index is -0.0543. The lowest BCUT2D eigenvalue weighted by molar-refractivity contribution is 0.440. The predicted octanol–water partition coefficient (Wildman–Crippen LogP) is 2.71. The van der Waals surface area contributed by atoms with Crippen LogP contribution >= 0.6 is 11.3 Å². The number of rotatable bonds is 4. The van der Waals surface area contributed by atoms with Crippen LogP contribution in [-0.4, -0.2) is 15.2 Å². The number of thiazole rings is 1. The molecule has 0 aliphatic heterocycles. The molecule has 96 valence electrons. The van der Waals surface area contributed by atoms with Crippen molar-refractivity contribution in [1.82, 2.24) is 10.3 Å². The average molecular weight is 264 g/mol. The van der Waals surface area contributed by atoms with Crippen LogP contribution in [0.25, 0.3) is 0 Å². The molecule has 1 atom stereocenters. The van der Waals surface area contributed by atoms with Crippen LogP contribution in [0.4, 0.5) is 0 Å². The maximum Gasteiger partial charge on any atom is 0.120 e. The number of hydrogen-bond acceptors (Lipinski definition) is 5. The smallest absolute Gasteiger partial charge is 0.120 e. The molecule has 2 aromatic rings. The van der Waals surface area contributed by atoms with Gasteiger partial charge in [-0.05, 0) is 32.0 Å². The lowest BCUT2D eigenvalue weighted by Gasteiger charge is -2.15. The number of benzene rings is 1. The van der Waals surface area contributed by atoms with Crippen molar-refractivity contribution < 1.29 is 10.2 Å². The van der Waals surface area contributed by atoms with Gasteiger partial charge >= 0.3 is 0 Å². The van der Waals surface area contributed by atoms with E-state index in [1.54, 1.807) is 17.4 Å². The number of aromatic hydroxyl groups is 2. The summed E-state index contributed by atoms with van der Waals surface area (Å²) in [5.41, 5.74) is 1.70. The molecule has 1 aromatic carbocycles. The maximum atomic E-state index is 9.74. The molecule has 0 aliphatic rings. The Morgan fingerprint density at radius 2 is 2.17 bits per heavy atom. The first-order chi connectivity index (χ1) is 8.56. The fraction of sp³-hybridized carbons (Fsp3) is 0.308. The number of nitrogens with one attached hydrogen (secondary N) is 1. The summed E-state index contributed by atoms with van der Waals surface area (Å²) in [5.74, 6) is 0.338. The van der Waals surface area contributed by atoms with Gasteiger partial charge in [0.05, 0.1) is 0 Å². The number of phenols is 2. The molecule has 0 saturated carbocycles. The Morgan fingerprint density at radius 3 is 2.83 bits per heavy atom. The molecule has 1 heterocycles. The van der Waals surface area contributed by atoms with Gasteiger partial charge in [-0.25, -0.2) is 4.98 Å². The van der Waals surface area contributed by atoms with Crippen LogP contribution in [0.15, 0.2) is 23.6 Å². The van der Waals surface area contributed by atoms with Crippen molar-refractivity contribution in [3.8, 4) is 11.5 Å². The molecule has 3 N–H and O–H groups in total. The molecular formula is C13H16N2O2S. The summed E-state index contributed by atoms with van der Waals surface area (Å²) >= 11 is 1.61. The van der Waals surface area contributed by atoms with Crippen LogP contribution in [0.3, 0.4) is 0 Å². The van der Waals surface area contributed by atoms with E-state index >= 15 is 0 Å². The van der Waals surface area contributed by atoms with Gasteiger partial charge in [0.1, 0.15) is 16.5 Å². The molecule has 0 aliphatic carbocycles. The zero-order chi connectivity index (χ0) is 13.1. The van der Waals surface area contributed by atoms with Crippen molar-refractivity contribution in [1.29, 1.82) is 0 Å². The van der Waals surface area contributed by atoms with Gasteiger partial charge < -0.3 is 15.5 Å². The van der Waals surface area contributed by atoms with E-state index in [4.69, 9.17) is 0 Å². The average Bonchev–Trinajstić information content (AvgIpc) is 2.75. The number of aryl methyl sites for hydroxylation is 1. The quantitative estimate of drug-likeness (QED) is 0.743. The Hall–Kier alpha value is -1.59. The highest BCUT2D eigenvalue weighted by Crippen LogP contribution is 2.27. The van der Waals surface area contributed by atoms with Crippen LogP contribution in [0, 0.1) is 6.92 Å². The van der Waals surface area contributed by atoms with Crippen molar-refractivity contribution in [3.63, 3.8) is 0 Å². The molecule has 0 bridgehead atoms. The van der Waals surface area contributed by atoms with Crippen molar-refractivity contribution >= 4 is 11.3 Å². The fourth-order valence-corrected chi connectivity index (χ4v) is 2.45. The largest absolute Gasteiger partial charge is 0.508 e. The number of aromatic nitrogens is 1. The Balaban J connectivity index is 2.03. The maximum absolute atomic E-state index is 9.74. The first-order valence-corrected chi connectivity index (χ1v) is 6.60. The van der Waals surface area contributed by atoms with Gasteiger partial charge in [0.25, 0.3) is 0 Å². The fourth-order valence-electron chi connectivity index (χ4n) is 1.72. The van der Waals surface area contributed by atoms with E-state index < -0.39 is 0 Å². The van der Waals surface area contributed by atoms with E-state index in [0.717, 1.165) is 10.7 Å². The highest BCUT2D eigenvalue weighted by Gasteiger charge is 2.11. The second kappa shape index (κ2) is 5.37. The first kappa shape index (κ1) is 12.9. The Bertz CT molecular complexity index is 540. The molecule has 5 heteroatoms. The van der Waals surface area contributed by atoms with E-state index in [0.29, 0.717) is 12.1 Å². The molecule has 2 rings (SSSR count).